The molecule has 2 unspecified atom stereocenters. The molecule has 3 heteroatoms. The fourth-order valence-corrected chi connectivity index (χ4v) is 2.95. The van der Waals surface area contributed by atoms with Crippen molar-refractivity contribution in [3.05, 3.63) is 0 Å². The molecule has 0 spiro atoms. The van der Waals surface area contributed by atoms with Crippen molar-refractivity contribution >= 4 is 0 Å². The summed E-state index contributed by atoms with van der Waals surface area (Å²) in [4.78, 5) is 2.56. The van der Waals surface area contributed by atoms with Gasteiger partial charge in [-0.2, -0.15) is 0 Å². The van der Waals surface area contributed by atoms with Crippen LogP contribution in [0.15, 0.2) is 0 Å². The number of nitrogens with two attached hydrogens (primary N) is 1. The molecule has 16 heavy (non-hydrogen) atoms. The van der Waals surface area contributed by atoms with Crippen LogP contribution in [0.1, 0.15) is 38.5 Å². The first-order valence-corrected chi connectivity index (χ1v) is 6.92. The summed E-state index contributed by atoms with van der Waals surface area (Å²) in [5.74, 6) is 0.723. The third kappa shape index (κ3) is 3.72. The van der Waals surface area contributed by atoms with Crippen LogP contribution in [0.5, 0.6) is 0 Å². The predicted octanol–water partition coefficient (Wildman–Crippen LogP) is 1.62. The van der Waals surface area contributed by atoms with Crippen LogP contribution in [-0.4, -0.2) is 43.8 Å². The van der Waals surface area contributed by atoms with Crippen molar-refractivity contribution in [3.8, 4) is 0 Å². The van der Waals surface area contributed by atoms with Crippen molar-refractivity contribution < 1.29 is 4.74 Å². The number of ether oxygens (including phenoxy) is 1. The molecule has 2 fully saturated rings. The van der Waals surface area contributed by atoms with Crippen molar-refractivity contribution in [1.82, 2.24) is 4.90 Å². The molecule has 2 aliphatic rings. The van der Waals surface area contributed by atoms with E-state index in [1.54, 1.807) is 0 Å². The van der Waals surface area contributed by atoms with Gasteiger partial charge in [-0.3, -0.25) is 0 Å². The quantitative estimate of drug-likeness (QED) is 0.727. The average molecular weight is 226 g/mol. The molecule has 2 atom stereocenters. The smallest absolute Gasteiger partial charge is 0.0593 e. The lowest BCUT2D eigenvalue weighted by Crippen LogP contribution is -2.39. The van der Waals surface area contributed by atoms with Crippen LogP contribution in [-0.2, 0) is 4.74 Å². The molecule has 0 aromatic heterocycles. The van der Waals surface area contributed by atoms with Crippen molar-refractivity contribution in [2.24, 2.45) is 11.7 Å². The van der Waals surface area contributed by atoms with Gasteiger partial charge in [0.25, 0.3) is 0 Å². The molecule has 3 nitrogen and oxygen atoms in total. The van der Waals surface area contributed by atoms with Crippen LogP contribution in [0.4, 0.5) is 0 Å². The van der Waals surface area contributed by atoms with Gasteiger partial charge >= 0.3 is 0 Å². The van der Waals surface area contributed by atoms with E-state index in [4.69, 9.17) is 10.5 Å². The summed E-state index contributed by atoms with van der Waals surface area (Å²) in [5.41, 5.74) is 6.28. The maximum Gasteiger partial charge on any atom is 0.0593 e. The lowest BCUT2D eigenvalue weighted by Gasteiger charge is -2.28. The maximum absolute atomic E-state index is 6.28. The van der Waals surface area contributed by atoms with Crippen LogP contribution >= 0.6 is 0 Å². The SMILES string of the molecule is NC1CCCCCC1CN1CCCOCC1. The first kappa shape index (κ1) is 12.3. The minimum absolute atomic E-state index is 0.437. The lowest BCUT2D eigenvalue weighted by atomic mass is 9.95. The molecule has 1 aliphatic carbocycles. The van der Waals surface area contributed by atoms with Crippen molar-refractivity contribution in [2.45, 2.75) is 44.6 Å². The van der Waals surface area contributed by atoms with Crippen LogP contribution < -0.4 is 5.73 Å². The molecule has 0 aromatic carbocycles. The highest BCUT2D eigenvalue weighted by Gasteiger charge is 2.23. The predicted molar refractivity (Wildman–Crippen MR) is 66.4 cm³/mol. The van der Waals surface area contributed by atoms with Crippen LogP contribution in [0.3, 0.4) is 0 Å². The van der Waals surface area contributed by atoms with Gasteiger partial charge < -0.3 is 15.4 Å². The van der Waals surface area contributed by atoms with E-state index in [9.17, 15) is 0 Å². The van der Waals surface area contributed by atoms with Gasteiger partial charge in [0.05, 0.1) is 6.61 Å². The summed E-state index contributed by atoms with van der Waals surface area (Å²) in [5, 5.41) is 0. The van der Waals surface area contributed by atoms with E-state index in [2.05, 4.69) is 4.90 Å². The Morgan fingerprint density at radius 1 is 1.00 bits per heavy atom. The largest absolute Gasteiger partial charge is 0.380 e. The van der Waals surface area contributed by atoms with Gasteiger partial charge in [0.15, 0.2) is 0 Å². The first-order chi connectivity index (χ1) is 7.86. The molecule has 94 valence electrons. The first-order valence-electron chi connectivity index (χ1n) is 6.92. The Kier molecular flexibility index (Phi) is 5.07. The molecule has 0 aromatic rings. The zero-order chi connectivity index (χ0) is 11.2. The number of hydrogen-bond acceptors (Lipinski definition) is 3. The summed E-state index contributed by atoms with van der Waals surface area (Å²) < 4.78 is 5.49. The zero-order valence-corrected chi connectivity index (χ0v) is 10.4. The Labute approximate surface area is 99.3 Å². The maximum atomic E-state index is 6.28. The Morgan fingerprint density at radius 2 is 1.88 bits per heavy atom. The molecule has 1 aliphatic heterocycles. The summed E-state index contributed by atoms with van der Waals surface area (Å²) in [6.45, 7) is 5.34. The normalized spacial score (nSPS) is 34.3. The van der Waals surface area contributed by atoms with E-state index >= 15 is 0 Å². The van der Waals surface area contributed by atoms with Gasteiger partial charge in [-0.15, -0.1) is 0 Å². The van der Waals surface area contributed by atoms with Gasteiger partial charge in [-0.05, 0) is 25.2 Å². The summed E-state index contributed by atoms with van der Waals surface area (Å²) >= 11 is 0. The molecule has 2 N–H and O–H groups in total. The van der Waals surface area contributed by atoms with Crippen LogP contribution in [0.2, 0.25) is 0 Å². The fraction of sp³-hybridized carbons (Fsp3) is 1.00. The molecule has 1 heterocycles. The van der Waals surface area contributed by atoms with Gasteiger partial charge in [0.2, 0.25) is 0 Å². The minimum Gasteiger partial charge on any atom is -0.380 e. The molecule has 1 saturated heterocycles. The molecule has 1 saturated carbocycles. The average Bonchev–Trinajstić information content (AvgIpc) is 2.64. The highest BCUT2D eigenvalue weighted by Crippen LogP contribution is 2.23. The molecule has 0 amide bonds. The third-order valence-electron chi connectivity index (χ3n) is 4.03. The molecule has 0 radical (unpaired) electrons. The van der Waals surface area contributed by atoms with Crippen molar-refractivity contribution in [3.63, 3.8) is 0 Å². The van der Waals surface area contributed by atoms with E-state index < -0.39 is 0 Å². The van der Waals surface area contributed by atoms with E-state index in [1.165, 1.54) is 51.6 Å². The van der Waals surface area contributed by atoms with Crippen LogP contribution in [0, 0.1) is 5.92 Å². The molecular weight excluding hydrogens is 200 g/mol. The third-order valence-corrected chi connectivity index (χ3v) is 4.03. The second kappa shape index (κ2) is 6.58. The van der Waals surface area contributed by atoms with E-state index in [-0.39, 0.29) is 0 Å². The molecule has 0 bridgehead atoms. The van der Waals surface area contributed by atoms with Gasteiger partial charge in [-0.25, -0.2) is 0 Å². The second-order valence-electron chi connectivity index (χ2n) is 5.33. The van der Waals surface area contributed by atoms with Crippen molar-refractivity contribution in [2.75, 3.05) is 32.8 Å². The van der Waals surface area contributed by atoms with E-state index in [0.717, 1.165) is 25.7 Å². The highest BCUT2D eigenvalue weighted by molar-refractivity contribution is 4.79. The highest BCUT2D eigenvalue weighted by atomic mass is 16.5. The number of nitrogens with zero attached hydrogens (tertiary/aromatic N) is 1. The Balaban J connectivity index is 1.81. The molecular formula is C13H26N2O. The summed E-state index contributed by atoms with van der Waals surface area (Å²) in [7, 11) is 0. The number of rotatable bonds is 2. The Morgan fingerprint density at radius 3 is 2.81 bits per heavy atom. The van der Waals surface area contributed by atoms with Gasteiger partial charge in [0, 0.05) is 32.3 Å². The fourth-order valence-electron chi connectivity index (χ4n) is 2.95. The van der Waals surface area contributed by atoms with Crippen molar-refractivity contribution in [1.29, 1.82) is 0 Å². The van der Waals surface area contributed by atoms with Gasteiger partial charge in [-0.1, -0.05) is 19.3 Å². The summed E-state index contributed by atoms with van der Waals surface area (Å²) in [6.07, 6.45) is 7.84. The van der Waals surface area contributed by atoms with Crippen LogP contribution in [0.25, 0.3) is 0 Å². The number of hydrogen-bond donors (Lipinski definition) is 1. The standard InChI is InChI=1S/C13H26N2O/c14-13-6-3-1-2-5-12(13)11-15-7-4-9-16-10-8-15/h12-13H,1-11,14H2. The summed E-state index contributed by atoms with van der Waals surface area (Å²) in [6, 6.07) is 0.437. The Hall–Kier alpha value is -0.120. The zero-order valence-electron chi connectivity index (χ0n) is 10.4. The minimum atomic E-state index is 0.437. The van der Waals surface area contributed by atoms with Gasteiger partial charge in [0.1, 0.15) is 0 Å². The van der Waals surface area contributed by atoms with E-state index in [1.807, 2.05) is 0 Å². The molecule has 2 rings (SSSR count). The topological polar surface area (TPSA) is 38.5 Å². The van der Waals surface area contributed by atoms with E-state index in [0.29, 0.717) is 6.04 Å². The second-order valence-corrected chi connectivity index (χ2v) is 5.33. The monoisotopic (exact) mass is 226 g/mol. The lowest BCUT2D eigenvalue weighted by molar-refractivity contribution is 0.136. The Bertz CT molecular complexity index is 190.